The van der Waals surface area contributed by atoms with Crippen LogP contribution in [0.3, 0.4) is 0 Å². The van der Waals surface area contributed by atoms with Crippen molar-refractivity contribution >= 4 is 63.2 Å². The number of anilines is 1. The molecule has 4 aromatic carbocycles. The number of aliphatic imine (C=N–C) groups is 1. The average Bonchev–Trinajstić information content (AvgIpc) is 3.34. The highest BCUT2D eigenvalue weighted by atomic mass is 16.3. The monoisotopic (exact) mass is 391 g/mol. The molecular formula is C25H17N3O2. The maximum atomic E-state index is 10.6. The molecule has 0 saturated heterocycles. The van der Waals surface area contributed by atoms with Gasteiger partial charge in [-0.2, -0.15) is 0 Å². The lowest BCUT2D eigenvalue weighted by atomic mass is 10.0. The van der Waals surface area contributed by atoms with E-state index in [-0.39, 0.29) is 17.5 Å². The van der Waals surface area contributed by atoms with Crippen LogP contribution in [0.5, 0.6) is 11.5 Å². The summed E-state index contributed by atoms with van der Waals surface area (Å²) in [5, 5.41) is 28.0. The highest BCUT2D eigenvalue weighted by Crippen LogP contribution is 2.43. The van der Waals surface area contributed by atoms with Gasteiger partial charge in [0.05, 0.1) is 5.69 Å². The first-order chi connectivity index (χ1) is 14.6. The Kier molecular flexibility index (Phi) is 3.27. The maximum Gasteiger partial charge on any atom is 0.198 e. The van der Waals surface area contributed by atoms with E-state index in [0.717, 1.165) is 43.8 Å². The number of nitrogens with zero attached hydrogens (tertiary/aromatic N) is 1. The third kappa shape index (κ3) is 2.26. The van der Waals surface area contributed by atoms with E-state index in [2.05, 4.69) is 10.3 Å². The van der Waals surface area contributed by atoms with Gasteiger partial charge in [-0.25, -0.2) is 4.99 Å². The molecule has 2 aliphatic carbocycles. The van der Waals surface area contributed by atoms with Crippen molar-refractivity contribution in [3.63, 3.8) is 0 Å². The molecule has 5 N–H and O–H groups in total. The second-order valence-corrected chi connectivity index (χ2v) is 7.52. The number of hydrogen-bond donors (Lipinski definition) is 4. The van der Waals surface area contributed by atoms with Crippen LogP contribution in [-0.2, 0) is 0 Å². The minimum absolute atomic E-state index is 0.0554. The summed E-state index contributed by atoms with van der Waals surface area (Å²) in [5.74, 6) is 0.229. The van der Waals surface area contributed by atoms with E-state index in [4.69, 9.17) is 5.73 Å². The fourth-order valence-corrected chi connectivity index (χ4v) is 4.47. The Bertz CT molecular complexity index is 1500. The molecule has 30 heavy (non-hydrogen) atoms. The zero-order valence-electron chi connectivity index (χ0n) is 15.8. The summed E-state index contributed by atoms with van der Waals surface area (Å²) < 4.78 is 0. The molecule has 0 amide bonds. The highest BCUT2D eigenvalue weighted by molar-refractivity contribution is 6.15. The van der Waals surface area contributed by atoms with Crippen molar-refractivity contribution in [2.75, 3.05) is 5.32 Å². The molecule has 0 aliphatic heterocycles. The number of aromatic hydroxyl groups is 2. The molecule has 2 aliphatic rings. The number of benzene rings is 4. The van der Waals surface area contributed by atoms with Crippen LogP contribution >= 0.6 is 0 Å². The third-order valence-corrected chi connectivity index (χ3v) is 5.75. The van der Waals surface area contributed by atoms with Crippen LogP contribution in [0.15, 0.2) is 53.5 Å². The summed E-state index contributed by atoms with van der Waals surface area (Å²) in [6.45, 7) is 0. The summed E-state index contributed by atoms with van der Waals surface area (Å²) in [4.78, 5) is 4.48. The van der Waals surface area contributed by atoms with E-state index in [1.807, 2.05) is 60.7 Å². The van der Waals surface area contributed by atoms with Crippen LogP contribution in [-0.4, -0.2) is 16.2 Å². The van der Waals surface area contributed by atoms with Crippen LogP contribution in [0.25, 0.3) is 45.8 Å². The second-order valence-electron chi connectivity index (χ2n) is 7.52. The molecule has 5 nitrogen and oxygen atoms in total. The van der Waals surface area contributed by atoms with E-state index >= 15 is 0 Å². The Morgan fingerprint density at radius 1 is 0.733 bits per heavy atom. The average molecular weight is 391 g/mol. The van der Waals surface area contributed by atoms with Gasteiger partial charge < -0.3 is 21.3 Å². The molecule has 0 saturated carbocycles. The molecule has 0 unspecified atom stereocenters. The minimum Gasteiger partial charge on any atom is -0.506 e. The molecule has 0 aromatic heterocycles. The van der Waals surface area contributed by atoms with Crippen molar-refractivity contribution in [2.45, 2.75) is 0 Å². The molecule has 5 heteroatoms. The SMILES string of the molecule is NC(=Nc1c(O)cc2c3c(cccc13)C=C2)Nc1c(O)cc2c3c(cccc13)C=C2. The fourth-order valence-electron chi connectivity index (χ4n) is 4.47. The van der Waals surface area contributed by atoms with Gasteiger partial charge in [0, 0.05) is 10.8 Å². The second kappa shape index (κ2) is 5.87. The first-order valence-electron chi connectivity index (χ1n) is 9.65. The number of phenolic OH excluding ortho intramolecular Hbond substituents is 2. The number of hydrogen-bond acceptors (Lipinski definition) is 3. The summed E-state index contributed by atoms with van der Waals surface area (Å²) in [6.07, 6.45) is 8.00. The van der Waals surface area contributed by atoms with Gasteiger partial charge in [0.25, 0.3) is 0 Å². The lowest BCUT2D eigenvalue weighted by molar-refractivity contribution is 0.477. The maximum absolute atomic E-state index is 10.6. The summed E-state index contributed by atoms with van der Waals surface area (Å²) in [7, 11) is 0. The van der Waals surface area contributed by atoms with E-state index in [9.17, 15) is 10.2 Å². The van der Waals surface area contributed by atoms with Crippen LogP contribution in [0.4, 0.5) is 11.4 Å². The molecule has 144 valence electrons. The van der Waals surface area contributed by atoms with Gasteiger partial charge in [-0.1, -0.05) is 60.7 Å². The molecule has 0 fully saturated rings. The van der Waals surface area contributed by atoms with Gasteiger partial charge in [0.1, 0.15) is 17.2 Å². The van der Waals surface area contributed by atoms with Crippen molar-refractivity contribution in [3.05, 3.63) is 70.8 Å². The summed E-state index contributed by atoms with van der Waals surface area (Å²) in [6, 6.07) is 15.2. The van der Waals surface area contributed by atoms with Crippen molar-refractivity contribution < 1.29 is 10.2 Å². The minimum atomic E-state index is 0.0554. The smallest absolute Gasteiger partial charge is 0.198 e. The van der Waals surface area contributed by atoms with Gasteiger partial charge in [-0.05, 0) is 45.2 Å². The van der Waals surface area contributed by atoms with Crippen molar-refractivity contribution in [3.8, 4) is 11.5 Å². The van der Waals surface area contributed by atoms with Gasteiger partial charge in [0.2, 0.25) is 0 Å². The predicted molar refractivity (Wildman–Crippen MR) is 124 cm³/mol. The van der Waals surface area contributed by atoms with E-state index in [1.54, 1.807) is 12.1 Å². The van der Waals surface area contributed by atoms with Gasteiger partial charge in [0.15, 0.2) is 5.96 Å². The lowest BCUT2D eigenvalue weighted by Crippen LogP contribution is -2.22. The third-order valence-electron chi connectivity index (χ3n) is 5.75. The van der Waals surface area contributed by atoms with Crippen LogP contribution in [0.1, 0.15) is 22.3 Å². The molecule has 0 atom stereocenters. The normalized spacial score (nSPS) is 13.7. The number of rotatable bonds is 2. The molecule has 0 radical (unpaired) electrons. The van der Waals surface area contributed by atoms with Crippen molar-refractivity contribution in [1.82, 2.24) is 0 Å². The van der Waals surface area contributed by atoms with Gasteiger partial charge >= 0.3 is 0 Å². The zero-order valence-corrected chi connectivity index (χ0v) is 15.8. The molecule has 0 bridgehead atoms. The van der Waals surface area contributed by atoms with Crippen LogP contribution < -0.4 is 11.1 Å². The van der Waals surface area contributed by atoms with E-state index in [1.165, 1.54) is 0 Å². The Hall–Kier alpha value is -4.25. The van der Waals surface area contributed by atoms with Crippen molar-refractivity contribution in [1.29, 1.82) is 0 Å². The summed E-state index contributed by atoms with van der Waals surface area (Å²) in [5.41, 5.74) is 11.2. The highest BCUT2D eigenvalue weighted by Gasteiger charge is 2.18. The molecule has 4 aromatic rings. The largest absolute Gasteiger partial charge is 0.506 e. The van der Waals surface area contributed by atoms with Gasteiger partial charge in [-0.15, -0.1) is 0 Å². The molecule has 6 rings (SSSR count). The first kappa shape index (κ1) is 16.7. The molecular weight excluding hydrogens is 374 g/mol. The topological polar surface area (TPSA) is 90.9 Å². The molecule has 0 spiro atoms. The van der Waals surface area contributed by atoms with E-state index < -0.39 is 0 Å². The van der Waals surface area contributed by atoms with Gasteiger partial charge in [-0.3, -0.25) is 0 Å². The Morgan fingerprint density at radius 2 is 1.30 bits per heavy atom. The van der Waals surface area contributed by atoms with Crippen LogP contribution in [0, 0.1) is 0 Å². The number of phenols is 2. The Labute approximate surface area is 172 Å². The van der Waals surface area contributed by atoms with Crippen LogP contribution in [0.2, 0.25) is 0 Å². The Balaban J connectivity index is 1.48. The Morgan fingerprint density at radius 3 is 2.00 bits per heavy atom. The molecule has 0 heterocycles. The lowest BCUT2D eigenvalue weighted by Gasteiger charge is -2.14. The predicted octanol–water partition coefficient (Wildman–Crippen LogP) is 5.43. The standard InChI is InChI=1S/C25H17N3O2/c26-25(27-23-17-5-1-3-13-7-9-15(21(13)17)11-19(23)29)28-24-18-6-2-4-14-8-10-16(22(14)18)12-20(24)30/h1-12,29-30H,(H3,26,27,28). The number of guanidine groups is 1. The quantitative estimate of drug-likeness (QED) is 0.180. The van der Waals surface area contributed by atoms with E-state index in [0.29, 0.717) is 11.4 Å². The number of nitrogens with two attached hydrogens (primary N) is 1. The number of nitrogens with one attached hydrogen (secondary N) is 1. The zero-order chi connectivity index (χ0) is 20.4. The fraction of sp³-hybridized carbons (Fsp3) is 0. The summed E-state index contributed by atoms with van der Waals surface area (Å²) >= 11 is 0. The first-order valence-corrected chi connectivity index (χ1v) is 9.65. The van der Waals surface area contributed by atoms with Crippen molar-refractivity contribution in [2.24, 2.45) is 10.7 Å².